The molecule has 0 spiro atoms. The molecule has 0 aliphatic heterocycles. The molecule has 1 aromatic carbocycles. The van der Waals surface area contributed by atoms with Crippen LogP contribution in [0.3, 0.4) is 0 Å². The molecule has 0 radical (unpaired) electrons. The van der Waals surface area contributed by atoms with E-state index >= 15 is 0 Å². The highest BCUT2D eigenvalue weighted by Crippen LogP contribution is 2.26. The molecule has 0 fully saturated rings. The van der Waals surface area contributed by atoms with Crippen molar-refractivity contribution in [1.82, 2.24) is 10.2 Å². The fourth-order valence-corrected chi connectivity index (χ4v) is 3.46. The van der Waals surface area contributed by atoms with Gasteiger partial charge < -0.3 is 5.11 Å². The Hall–Kier alpha value is -1.86. The first-order valence-electron chi connectivity index (χ1n) is 6.08. The highest BCUT2D eigenvalue weighted by molar-refractivity contribution is 7.92. The number of aromatic amines is 1. The van der Waals surface area contributed by atoms with Gasteiger partial charge in [0.25, 0.3) is 10.0 Å². The lowest BCUT2D eigenvalue weighted by Gasteiger charge is -2.19. The van der Waals surface area contributed by atoms with Crippen LogP contribution < -0.4 is 4.31 Å². The fourth-order valence-electron chi connectivity index (χ4n) is 1.95. The number of rotatable bonds is 4. The maximum absolute atomic E-state index is 12.6. The maximum Gasteiger partial charge on any atom is 0.267 e. The topological polar surface area (TPSA) is 86.3 Å². The van der Waals surface area contributed by atoms with E-state index in [0.29, 0.717) is 11.4 Å². The molecule has 20 heavy (non-hydrogen) atoms. The Morgan fingerprint density at radius 2 is 1.85 bits per heavy atom. The number of aromatic nitrogens is 2. The number of aliphatic hydroxyl groups is 1. The van der Waals surface area contributed by atoms with E-state index in [-0.39, 0.29) is 10.6 Å². The van der Waals surface area contributed by atoms with Crippen molar-refractivity contribution in [2.24, 2.45) is 0 Å². The summed E-state index contributed by atoms with van der Waals surface area (Å²) in [6.45, 7) is 3.12. The van der Waals surface area contributed by atoms with Crippen LogP contribution in [0.25, 0.3) is 0 Å². The van der Waals surface area contributed by atoms with Gasteiger partial charge in [-0.2, -0.15) is 5.10 Å². The number of nitrogens with zero attached hydrogens (tertiary/aromatic N) is 2. The smallest absolute Gasteiger partial charge is 0.267 e. The van der Waals surface area contributed by atoms with Crippen molar-refractivity contribution in [3.8, 4) is 0 Å². The molecule has 0 aliphatic rings. The zero-order valence-corrected chi connectivity index (χ0v) is 12.4. The summed E-state index contributed by atoms with van der Waals surface area (Å²) < 4.78 is 26.5. The Morgan fingerprint density at radius 1 is 1.25 bits per heavy atom. The standard InChI is InChI=1S/C13H17N3O3S/c1-9-4-6-11(7-5-9)16(3)20(18,19)13-10(2)14-15-12(13)8-17/h4-7,17H,8H2,1-3H3,(H,14,15). The number of benzene rings is 1. The van der Waals surface area contributed by atoms with E-state index in [0.717, 1.165) is 5.56 Å². The van der Waals surface area contributed by atoms with E-state index in [2.05, 4.69) is 10.2 Å². The average Bonchev–Trinajstić information content (AvgIpc) is 2.80. The van der Waals surface area contributed by atoms with Crippen LogP contribution >= 0.6 is 0 Å². The van der Waals surface area contributed by atoms with Gasteiger partial charge in [-0.15, -0.1) is 0 Å². The minimum absolute atomic E-state index is 0.0306. The summed E-state index contributed by atoms with van der Waals surface area (Å²) in [5.41, 5.74) is 2.14. The number of H-pyrrole nitrogens is 1. The summed E-state index contributed by atoms with van der Waals surface area (Å²) in [4.78, 5) is 0.0306. The van der Waals surface area contributed by atoms with Crippen LogP contribution in [0.2, 0.25) is 0 Å². The van der Waals surface area contributed by atoms with Crippen LogP contribution in [-0.2, 0) is 16.6 Å². The lowest BCUT2D eigenvalue weighted by Crippen LogP contribution is -2.27. The van der Waals surface area contributed by atoms with Crippen LogP contribution in [0.15, 0.2) is 29.2 Å². The van der Waals surface area contributed by atoms with E-state index in [1.54, 1.807) is 19.1 Å². The fraction of sp³-hybridized carbons (Fsp3) is 0.308. The van der Waals surface area contributed by atoms with Gasteiger partial charge in [0.1, 0.15) is 10.6 Å². The molecule has 0 unspecified atom stereocenters. The zero-order valence-electron chi connectivity index (χ0n) is 11.6. The SMILES string of the molecule is Cc1ccc(N(C)S(=O)(=O)c2c(CO)n[nH]c2C)cc1. The molecule has 1 heterocycles. The van der Waals surface area contributed by atoms with E-state index in [4.69, 9.17) is 0 Å². The molecular formula is C13H17N3O3S. The first-order valence-corrected chi connectivity index (χ1v) is 7.52. The second-order valence-corrected chi connectivity index (χ2v) is 6.50. The van der Waals surface area contributed by atoms with Gasteiger partial charge in [-0.3, -0.25) is 9.40 Å². The maximum atomic E-state index is 12.6. The third-order valence-corrected chi connectivity index (χ3v) is 5.12. The molecular weight excluding hydrogens is 278 g/mol. The predicted molar refractivity (Wildman–Crippen MR) is 76.0 cm³/mol. The summed E-state index contributed by atoms with van der Waals surface area (Å²) in [7, 11) is -2.28. The van der Waals surface area contributed by atoms with Crippen molar-refractivity contribution in [3.05, 3.63) is 41.2 Å². The Balaban J connectivity index is 2.49. The second-order valence-electron chi connectivity index (χ2n) is 4.59. The number of nitrogens with one attached hydrogen (secondary N) is 1. The monoisotopic (exact) mass is 295 g/mol. The Kier molecular flexibility index (Phi) is 3.82. The summed E-state index contributed by atoms with van der Waals surface area (Å²) in [6.07, 6.45) is 0. The van der Waals surface area contributed by atoms with Crippen LogP contribution in [-0.4, -0.2) is 30.8 Å². The average molecular weight is 295 g/mol. The summed E-state index contributed by atoms with van der Waals surface area (Å²) >= 11 is 0. The Morgan fingerprint density at radius 3 is 2.40 bits per heavy atom. The first kappa shape index (κ1) is 14.5. The number of anilines is 1. The van der Waals surface area contributed by atoms with Crippen LogP contribution in [0.4, 0.5) is 5.69 Å². The molecule has 0 amide bonds. The normalized spacial score (nSPS) is 11.6. The predicted octanol–water partition coefficient (Wildman–Crippen LogP) is 1.34. The van der Waals surface area contributed by atoms with E-state index in [9.17, 15) is 13.5 Å². The number of hydrogen-bond acceptors (Lipinski definition) is 4. The molecule has 6 nitrogen and oxygen atoms in total. The first-order chi connectivity index (χ1) is 9.37. The number of aliphatic hydroxyl groups excluding tert-OH is 1. The van der Waals surface area contributed by atoms with Crippen LogP contribution in [0.5, 0.6) is 0 Å². The van der Waals surface area contributed by atoms with Crippen LogP contribution in [0.1, 0.15) is 17.0 Å². The van der Waals surface area contributed by atoms with Crippen molar-refractivity contribution in [2.45, 2.75) is 25.3 Å². The van der Waals surface area contributed by atoms with Crippen LogP contribution in [0, 0.1) is 13.8 Å². The molecule has 2 rings (SSSR count). The highest BCUT2D eigenvalue weighted by atomic mass is 32.2. The molecule has 0 saturated heterocycles. The summed E-state index contributed by atoms with van der Waals surface area (Å²) in [5, 5.41) is 15.6. The Bertz CT molecular complexity index is 705. The van der Waals surface area contributed by atoms with E-state index < -0.39 is 16.6 Å². The van der Waals surface area contributed by atoms with E-state index in [1.807, 2.05) is 19.1 Å². The van der Waals surface area contributed by atoms with Crippen molar-refractivity contribution in [2.75, 3.05) is 11.4 Å². The van der Waals surface area contributed by atoms with Gasteiger partial charge in [-0.25, -0.2) is 8.42 Å². The van der Waals surface area contributed by atoms with Gasteiger partial charge in [-0.1, -0.05) is 17.7 Å². The number of aryl methyl sites for hydroxylation is 2. The summed E-state index contributed by atoms with van der Waals surface area (Å²) in [5.74, 6) is 0. The molecule has 7 heteroatoms. The molecule has 2 aromatic rings. The molecule has 0 aliphatic carbocycles. The van der Waals surface area contributed by atoms with E-state index in [1.165, 1.54) is 11.4 Å². The minimum Gasteiger partial charge on any atom is -0.390 e. The Labute approximate surface area is 118 Å². The third kappa shape index (κ3) is 2.41. The second kappa shape index (κ2) is 5.26. The molecule has 0 atom stereocenters. The van der Waals surface area contributed by atoms with Gasteiger partial charge in [0, 0.05) is 7.05 Å². The van der Waals surface area contributed by atoms with Crippen molar-refractivity contribution < 1.29 is 13.5 Å². The van der Waals surface area contributed by atoms with Gasteiger partial charge in [0.05, 0.1) is 18.0 Å². The van der Waals surface area contributed by atoms with Crippen molar-refractivity contribution >= 4 is 15.7 Å². The molecule has 1 aromatic heterocycles. The largest absolute Gasteiger partial charge is 0.390 e. The lowest BCUT2D eigenvalue weighted by molar-refractivity contribution is 0.273. The van der Waals surface area contributed by atoms with Gasteiger partial charge in [-0.05, 0) is 26.0 Å². The third-order valence-electron chi connectivity index (χ3n) is 3.13. The number of hydrogen-bond donors (Lipinski definition) is 2. The number of sulfonamides is 1. The summed E-state index contributed by atoms with van der Waals surface area (Å²) in [6, 6.07) is 7.16. The zero-order chi connectivity index (χ0) is 14.9. The quantitative estimate of drug-likeness (QED) is 0.891. The highest BCUT2D eigenvalue weighted by Gasteiger charge is 2.28. The van der Waals surface area contributed by atoms with Crippen molar-refractivity contribution in [3.63, 3.8) is 0 Å². The van der Waals surface area contributed by atoms with Gasteiger partial charge >= 0.3 is 0 Å². The lowest BCUT2D eigenvalue weighted by atomic mass is 10.2. The molecule has 2 N–H and O–H groups in total. The van der Waals surface area contributed by atoms with Crippen molar-refractivity contribution in [1.29, 1.82) is 0 Å². The minimum atomic E-state index is -3.76. The molecule has 108 valence electrons. The molecule has 0 saturated carbocycles. The van der Waals surface area contributed by atoms with Gasteiger partial charge in [0.2, 0.25) is 0 Å². The molecule has 0 bridgehead atoms. The van der Waals surface area contributed by atoms with Gasteiger partial charge in [0.15, 0.2) is 0 Å².